The van der Waals surface area contributed by atoms with E-state index in [0.29, 0.717) is 11.7 Å². The molecule has 0 radical (unpaired) electrons. The fourth-order valence-electron chi connectivity index (χ4n) is 3.12. The van der Waals surface area contributed by atoms with Gasteiger partial charge >= 0.3 is 0 Å². The number of hydrogen-bond acceptors (Lipinski definition) is 2. The van der Waals surface area contributed by atoms with Gasteiger partial charge in [-0.3, -0.25) is 4.79 Å². The van der Waals surface area contributed by atoms with Crippen LogP contribution in [0.25, 0.3) is 0 Å². The summed E-state index contributed by atoms with van der Waals surface area (Å²) >= 11 is 0. The maximum atomic E-state index is 12.3. The first-order chi connectivity index (χ1) is 9.74. The number of ether oxygens (including phenoxy) is 1. The normalized spacial score (nSPS) is 22.8. The Morgan fingerprint density at radius 1 is 1.10 bits per heavy atom. The van der Waals surface area contributed by atoms with Crippen LogP contribution in [-0.4, -0.2) is 12.4 Å². The van der Waals surface area contributed by atoms with Gasteiger partial charge < -0.3 is 4.74 Å². The molecule has 0 heterocycles. The average molecular weight is 274 g/mol. The summed E-state index contributed by atoms with van der Waals surface area (Å²) in [4.78, 5) is 12.3. The van der Waals surface area contributed by atoms with Gasteiger partial charge in [0.2, 0.25) is 0 Å². The summed E-state index contributed by atoms with van der Waals surface area (Å²) in [6.45, 7) is 5.05. The molecule has 1 fully saturated rings. The molecule has 20 heavy (non-hydrogen) atoms. The van der Waals surface area contributed by atoms with Gasteiger partial charge in [-0.25, -0.2) is 0 Å². The molecule has 0 aliphatic heterocycles. The van der Waals surface area contributed by atoms with Gasteiger partial charge in [0.25, 0.3) is 0 Å². The van der Waals surface area contributed by atoms with Crippen molar-refractivity contribution < 1.29 is 9.53 Å². The van der Waals surface area contributed by atoms with Crippen LogP contribution in [0.2, 0.25) is 0 Å². The highest BCUT2D eigenvalue weighted by Gasteiger charge is 2.28. The van der Waals surface area contributed by atoms with E-state index in [1.807, 2.05) is 12.1 Å². The molecular weight excluding hydrogens is 248 g/mol. The van der Waals surface area contributed by atoms with Crippen LogP contribution in [0.15, 0.2) is 24.3 Å². The Kier molecular flexibility index (Phi) is 5.63. The monoisotopic (exact) mass is 274 g/mol. The Morgan fingerprint density at radius 2 is 1.85 bits per heavy atom. The second-order valence-corrected chi connectivity index (χ2v) is 5.87. The molecule has 1 aromatic rings. The topological polar surface area (TPSA) is 26.3 Å². The summed E-state index contributed by atoms with van der Waals surface area (Å²) in [7, 11) is 0. The molecule has 0 spiro atoms. The van der Waals surface area contributed by atoms with Gasteiger partial charge in [0.05, 0.1) is 6.61 Å². The lowest BCUT2D eigenvalue weighted by Crippen LogP contribution is -2.23. The lowest BCUT2D eigenvalue weighted by molar-refractivity contribution is -0.123. The van der Waals surface area contributed by atoms with E-state index in [4.69, 9.17) is 4.74 Å². The quantitative estimate of drug-likeness (QED) is 0.749. The van der Waals surface area contributed by atoms with Crippen molar-refractivity contribution in [2.24, 2.45) is 5.92 Å². The van der Waals surface area contributed by atoms with E-state index in [0.717, 1.165) is 37.2 Å². The minimum absolute atomic E-state index is 0.114. The Balaban J connectivity index is 1.96. The van der Waals surface area contributed by atoms with Crippen LogP contribution < -0.4 is 4.74 Å². The number of carbonyl (C=O) groups excluding carboxylic acids is 1. The smallest absolute Gasteiger partial charge is 0.140 e. The summed E-state index contributed by atoms with van der Waals surface area (Å²) in [6, 6.07) is 8.12. The Bertz CT molecular complexity index is 422. The molecule has 1 saturated carbocycles. The number of Topliss-reactive ketones (excluding diaryl/α,β-unsaturated/α-hetero) is 1. The van der Waals surface area contributed by atoms with E-state index in [2.05, 4.69) is 26.0 Å². The number of rotatable bonds is 6. The second-order valence-electron chi connectivity index (χ2n) is 5.87. The number of ketones is 1. The highest BCUT2D eigenvalue weighted by Crippen LogP contribution is 2.35. The Labute approximate surface area is 122 Å². The van der Waals surface area contributed by atoms with E-state index in [9.17, 15) is 4.79 Å². The third-order valence-corrected chi connectivity index (χ3v) is 4.19. The zero-order chi connectivity index (χ0) is 14.4. The third kappa shape index (κ3) is 3.84. The highest BCUT2D eigenvalue weighted by molar-refractivity contribution is 5.86. The molecule has 1 aliphatic rings. The first-order valence-electron chi connectivity index (χ1n) is 8.00. The fourth-order valence-corrected chi connectivity index (χ4v) is 3.12. The standard InChI is InChI=1S/C18H26O2/c1-3-5-14-6-11-17(18(19)13-14)15-7-9-16(10-8-15)20-12-4-2/h7-10,14,17H,3-6,11-13H2,1-2H3/t14-,17+/m1/s1. The van der Waals surface area contributed by atoms with Crippen LogP contribution in [0, 0.1) is 5.92 Å². The van der Waals surface area contributed by atoms with Gasteiger partial charge in [0.1, 0.15) is 11.5 Å². The van der Waals surface area contributed by atoms with Crippen molar-refractivity contribution in [3.8, 4) is 5.75 Å². The molecule has 2 heteroatoms. The predicted octanol–water partition coefficient (Wildman–Crippen LogP) is 4.73. The van der Waals surface area contributed by atoms with E-state index in [-0.39, 0.29) is 5.92 Å². The summed E-state index contributed by atoms with van der Waals surface area (Å²) in [6.07, 6.45) is 6.37. The first kappa shape index (κ1) is 15.1. The molecule has 2 nitrogen and oxygen atoms in total. The van der Waals surface area contributed by atoms with Crippen molar-refractivity contribution in [3.63, 3.8) is 0 Å². The third-order valence-electron chi connectivity index (χ3n) is 4.19. The minimum atomic E-state index is 0.114. The van der Waals surface area contributed by atoms with Crippen LogP contribution in [-0.2, 0) is 4.79 Å². The largest absolute Gasteiger partial charge is 0.494 e. The summed E-state index contributed by atoms with van der Waals surface area (Å²) in [5.74, 6) is 2.07. The molecule has 0 saturated heterocycles. The summed E-state index contributed by atoms with van der Waals surface area (Å²) < 4.78 is 5.59. The molecular formula is C18H26O2. The SMILES string of the molecule is CCCOc1ccc([C@@H]2CC[C@@H](CCC)CC2=O)cc1. The molecule has 0 unspecified atom stereocenters. The predicted molar refractivity (Wildman–Crippen MR) is 82.2 cm³/mol. The van der Waals surface area contributed by atoms with Crippen molar-refractivity contribution in [2.75, 3.05) is 6.61 Å². The van der Waals surface area contributed by atoms with E-state index in [1.165, 1.54) is 19.3 Å². The van der Waals surface area contributed by atoms with Gasteiger partial charge in [-0.05, 0) is 42.9 Å². The Morgan fingerprint density at radius 3 is 2.45 bits per heavy atom. The molecule has 0 amide bonds. The molecule has 0 aromatic heterocycles. The molecule has 1 aliphatic carbocycles. The lowest BCUT2D eigenvalue weighted by atomic mass is 9.76. The van der Waals surface area contributed by atoms with Gasteiger partial charge in [-0.1, -0.05) is 38.8 Å². The zero-order valence-corrected chi connectivity index (χ0v) is 12.7. The maximum absolute atomic E-state index is 12.3. The molecule has 0 bridgehead atoms. The van der Waals surface area contributed by atoms with Gasteiger partial charge in [-0.2, -0.15) is 0 Å². The fraction of sp³-hybridized carbons (Fsp3) is 0.611. The second kappa shape index (κ2) is 7.47. The van der Waals surface area contributed by atoms with Crippen LogP contribution in [0.3, 0.4) is 0 Å². The molecule has 2 atom stereocenters. The molecule has 1 aromatic carbocycles. The van der Waals surface area contributed by atoms with Crippen molar-refractivity contribution in [3.05, 3.63) is 29.8 Å². The van der Waals surface area contributed by atoms with Gasteiger partial charge in [-0.15, -0.1) is 0 Å². The number of benzene rings is 1. The molecule has 2 rings (SSSR count). The number of carbonyl (C=O) groups is 1. The van der Waals surface area contributed by atoms with Gasteiger partial charge in [0.15, 0.2) is 0 Å². The summed E-state index contributed by atoms with van der Waals surface area (Å²) in [5, 5.41) is 0. The van der Waals surface area contributed by atoms with Crippen molar-refractivity contribution in [2.45, 2.75) is 58.3 Å². The van der Waals surface area contributed by atoms with E-state index >= 15 is 0 Å². The van der Waals surface area contributed by atoms with Crippen LogP contribution in [0.1, 0.15) is 63.9 Å². The minimum Gasteiger partial charge on any atom is -0.494 e. The highest BCUT2D eigenvalue weighted by atomic mass is 16.5. The molecule has 0 N–H and O–H groups in total. The maximum Gasteiger partial charge on any atom is 0.140 e. The van der Waals surface area contributed by atoms with Gasteiger partial charge in [0, 0.05) is 12.3 Å². The first-order valence-corrected chi connectivity index (χ1v) is 8.00. The van der Waals surface area contributed by atoms with Crippen LogP contribution in [0.5, 0.6) is 5.75 Å². The summed E-state index contributed by atoms with van der Waals surface area (Å²) in [5.41, 5.74) is 1.16. The Hall–Kier alpha value is -1.31. The van der Waals surface area contributed by atoms with Crippen LogP contribution >= 0.6 is 0 Å². The average Bonchev–Trinajstić information content (AvgIpc) is 2.46. The van der Waals surface area contributed by atoms with E-state index in [1.54, 1.807) is 0 Å². The van der Waals surface area contributed by atoms with Crippen molar-refractivity contribution >= 4 is 5.78 Å². The number of hydrogen-bond donors (Lipinski definition) is 0. The zero-order valence-electron chi connectivity index (χ0n) is 12.7. The van der Waals surface area contributed by atoms with E-state index < -0.39 is 0 Å². The lowest BCUT2D eigenvalue weighted by Gasteiger charge is -2.27. The molecule has 110 valence electrons. The van der Waals surface area contributed by atoms with Crippen LogP contribution in [0.4, 0.5) is 0 Å². The van der Waals surface area contributed by atoms with Crippen molar-refractivity contribution in [1.29, 1.82) is 0 Å². The van der Waals surface area contributed by atoms with Crippen molar-refractivity contribution in [1.82, 2.24) is 0 Å².